The highest BCUT2D eigenvalue weighted by Gasteiger charge is 2.17. The van der Waals surface area contributed by atoms with Crippen molar-refractivity contribution >= 4 is 21.9 Å². The van der Waals surface area contributed by atoms with E-state index in [1.165, 1.54) is 37.8 Å². The minimum atomic E-state index is -0.513. The first kappa shape index (κ1) is 24.4. The van der Waals surface area contributed by atoms with E-state index in [0.29, 0.717) is 16.8 Å². The highest BCUT2D eigenvalue weighted by Crippen LogP contribution is 2.35. The lowest BCUT2D eigenvalue weighted by molar-refractivity contribution is 0.469. The maximum absolute atomic E-state index is 14.0. The molecule has 4 N–H and O–H groups in total. The first-order valence-corrected chi connectivity index (χ1v) is 13.6. The lowest BCUT2D eigenvalue weighted by Crippen LogP contribution is -2.20. The van der Waals surface area contributed by atoms with E-state index < -0.39 is 5.82 Å². The van der Waals surface area contributed by atoms with Gasteiger partial charge in [0.1, 0.15) is 22.8 Å². The predicted molar refractivity (Wildman–Crippen MR) is 153 cm³/mol. The monoisotopic (exact) mass is 533 g/mol. The molecule has 0 aliphatic heterocycles. The zero-order chi connectivity index (χ0) is 27.1. The highest BCUT2D eigenvalue weighted by molar-refractivity contribution is 6.00. The largest absolute Gasteiger partial charge is 0.508 e. The summed E-state index contributed by atoms with van der Waals surface area (Å²) in [4.78, 5) is 17.1. The first-order chi connectivity index (χ1) is 19.6. The summed E-state index contributed by atoms with van der Waals surface area (Å²) < 4.78 is 14.0. The Balaban J connectivity index is 1.21. The topological polar surface area (TPSA) is 115 Å². The maximum Gasteiger partial charge on any atom is 0.135 e. The van der Waals surface area contributed by atoms with Gasteiger partial charge in [-0.15, -0.1) is 0 Å². The molecule has 1 saturated carbocycles. The Kier molecular flexibility index (Phi) is 6.20. The number of benzene rings is 1. The Hall–Kier alpha value is -4.63. The summed E-state index contributed by atoms with van der Waals surface area (Å²) in [5.41, 5.74) is 7.87. The van der Waals surface area contributed by atoms with Crippen LogP contribution in [0.15, 0.2) is 67.3 Å². The number of aromatic hydroxyl groups is 1. The number of hydrogen-bond donors (Lipinski definition) is 4. The standard InChI is InChI=1S/C31H28FN7O/c32-22-8-20(9-23(40)10-22)25-16-35-17-29-24(25)11-28(36-29)31-30-27(38-39-31)6-5-26(37-30)21-7-19(14-34-15-21)13-33-12-18-3-1-2-4-18/h5-11,14-18,33,36,40H,1-4,12-13H2,(H,38,39). The van der Waals surface area contributed by atoms with E-state index in [2.05, 4.69) is 36.5 Å². The van der Waals surface area contributed by atoms with Gasteiger partial charge in [0.15, 0.2) is 0 Å². The molecule has 0 amide bonds. The van der Waals surface area contributed by atoms with Crippen LogP contribution in [0.5, 0.6) is 5.75 Å². The van der Waals surface area contributed by atoms with Crippen LogP contribution in [0.4, 0.5) is 4.39 Å². The number of hydrogen-bond acceptors (Lipinski definition) is 6. The van der Waals surface area contributed by atoms with Crippen molar-refractivity contribution in [2.45, 2.75) is 32.2 Å². The maximum atomic E-state index is 14.0. The average Bonchev–Trinajstić information content (AvgIpc) is 3.71. The van der Waals surface area contributed by atoms with E-state index in [4.69, 9.17) is 4.98 Å². The van der Waals surface area contributed by atoms with Gasteiger partial charge in [0.25, 0.3) is 0 Å². The van der Waals surface area contributed by atoms with Gasteiger partial charge in [-0.2, -0.15) is 5.10 Å². The fraction of sp³-hybridized carbons (Fsp3) is 0.226. The molecule has 0 spiro atoms. The molecule has 1 aliphatic carbocycles. The second kappa shape index (κ2) is 10.2. The molecule has 40 heavy (non-hydrogen) atoms. The summed E-state index contributed by atoms with van der Waals surface area (Å²) in [6, 6.07) is 12.0. The smallest absolute Gasteiger partial charge is 0.135 e. The third kappa shape index (κ3) is 4.69. The zero-order valence-electron chi connectivity index (χ0n) is 21.8. The molecule has 5 aromatic heterocycles. The Morgan fingerprint density at radius 2 is 1.80 bits per heavy atom. The van der Waals surface area contributed by atoms with Gasteiger partial charge < -0.3 is 15.4 Å². The third-order valence-corrected chi connectivity index (χ3v) is 7.73. The molecule has 0 saturated heterocycles. The SMILES string of the molecule is Oc1cc(F)cc(-c2cncc3[nH]c(-c4n[nH]c5ccc(-c6cncc(CNCC7CCCC7)c6)nc45)cc23)c1. The van der Waals surface area contributed by atoms with Crippen LogP contribution in [0.3, 0.4) is 0 Å². The lowest BCUT2D eigenvalue weighted by Gasteiger charge is -2.11. The van der Waals surface area contributed by atoms with E-state index in [9.17, 15) is 9.50 Å². The summed E-state index contributed by atoms with van der Waals surface area (Å²) in [5, 5.41) is 22.0. The van der Waals surface area contributed by atoms with E-state index in [0.717, 1.165) is 69.5 Å². The van der Waals surface area contributed by atoms with Gasteiger partial charge in [-0.05, 0) is 72.8 Å². The highest BCUT2D eigenvalue weighted by atomic mass is 19.1. The van der Waals surface area contributed by atoms with E-state index >= 15 is 0 Å². The Morgan fingerprint density at radius 1 is 0.925 bits per heavy atom. The molecule has 5 heterocycles. The molecular weight excluding hydrogens is 505 g/mol. The predicted octanol–water partition coefficient (Wildman–Crippen LogP) is 6.35. The normalized spacial score (nSPS) is 14.0. The van der Waals surface area contributed by atoms with Crippen molar-refractivity contribution in [2.24, 2.45) is 5.92 Å². The van der Waals surface area contributed by atoms with E-state index in [1.54, 1.807) is 12.4 Å². The van der Waals surface area contributed by atoms with Gasteiger partial charge in [0.2, 0.25) is 0 Å². The minimum Gasteiger partial charge on any atom is -0.508 e. The molecule has 6 aromatic rings. The third-order valence-electron chi connectivity index (χ3n) is 7.73. The molecule has 1 aliphatic rings. The first-order valence-electron chi connectivity index (χ1n) is 13.6. The van der Waals surface area contributed by atoms with Crippen LogP contribution in [0, 0.1) is 11.7 Å². The molecule has 1 fully saturated rings. The number of halogens is 1. The molecule has 0 bridgehead atoms. The number of rotatable bonds is 7. The van der Waals surface area contributed by atoms with Crippen molar-refractivity contribution in [3.8, 4) is 39.5 Å². The van der Waals surface area contributed by atoms with Crippen molar-refractivity contribution in [3.63, 3.8) is 0 Å². The molecular formula is C31H28FN7O. The van der Waals surface area contributed by atoms with Crippen LogP contribution in [0.2, 0.25) is 0 Å². The number of fused-ring (bicyclic) bond motifs is 2. The molecule has 200 valence electrons. The number of phenols is 1. The number of pyridine rings is 3. The van der Waals surface area contributed by atoms with Crippen molar-refractivity contribution < 1.29 is 9.50 Å². The fourth-order valence-electron chi connectivity index (χ4n) is 5.75. The van der Waals surface area contributed by atoms with Crippen molar-refractivity contribution in [2.75, 3.05) is 6.54 Å². The second-order valence-electron chi connectivity index (χ2n) is 10.6. The van der Waals surface area contributed by atoms with Gasteiger partial charge in [-0.3, -0.25) is 15.1 Å². The number of aromatic nitrogens is 6. The number of nitrogens with one attached hydrogen (secondary N) is 3. The Bertz CT molecular complexity index is 1820. The van der Waals surface area contributed by atoms with Crippen LogP contribution in [0.25, 0.3) is 55.7 Å². The summed E-state index contributed by atoms with van der Waals surface area (Å²) in [6.45, 7) is 1.83. The fourth-order valence-corrected chi connectivity index (χ4v) is 5.75. The van der Waals surface area contributed by atoms with Gasteiger partial charge >= 0.3 is 0 Å². The summed E-state index contributed by atoms with van der Waals surface area (Å²) in [5.74, 6) is 0.138. The molecule has 0 radical (unpaired) electrons. The van der Waals surface area contributed by atoms with Gasteiger partial charge in [-0.25, -0.2) is 9.37 Å². The quantitative estimate of drug-likeness (QED) is 0.190. The Morgan fingerprint density at radius 3 is 2.67 bits per heavy atom. The molecule has 8 nitrogen and oxygen atoms in total. The summed E-state index contributed by atoms with van der Waals surface area (Å²) in [6.07, 6.45) is 12.5. The van der Waals surface area contributed by atoms with Crippen LogP contribution in [-0.2, 0) is 6.54 Å². The number of H-pyrrole nitrogens is 2. The van der Waals surface area contributed by atoms with Gasteiger partial charge in [0, 0.05) is 47.7 Å². The number of phenolic OH excluding ortho intramolecular Hbond substituents is 1. The van der Waals surface area contributed by atoms with Gasteiger partial charge in [0.05, 0.1) is 28.6 Å². The van der Waals surface area contributed by atoms with Crippen LogP contribution >= 0.6 is 0 Å². The van der Waals surface area contributed by atoms with Crippen LogP contribution in [-0.4, -0.2) is 41.8 Å². The average molecular weight is 534 g/mol. The molecule has 0 unspecified atom stereocenters. The van der Waals surface area contributed by atoms with E-state index in [1.807, 2.05) is 30.6 Å². The number of nitrogens with zero attached hydrogens (tertiary/aromatic N) is 4. The Labute approximate surface area is 229 Å². The number of aromatic amines is 2. The second-order valence-corrected chi connectivity index (χ2v) is 10.6. The van der Waals surface area contributed by atoms with Gasteiger partial charge in [-0.1, -0.05) is 12.8 Å². The summed E-state index contributed by atoms with van der Waals surface area (Å²) >= 11 is 0. The van der Waals surface area contributed by atoms with Crippen molar-refractivity contribution in [1.29, 1.82) is 0 Å². The molecule has 0 atom stereocenters. The minimum absolute atomic E-state index is 0.138. The lowest BCUT2D eigenvalue weighted by atomic mass is 10.0. The van der Waals surface area contributed by atoms with Crippen LogP contribution < -0.4 is 5.32 Å². The molecule has 9 heteroatoms. The van der Waals surface area contributed by atoms with E-state index in [-0.39, 0.29) is 5.75 Å². The molecule has 7 rings (SSSR count). The van der Waals surface area contributed by atoms with Crippen molar-refractivity contribution in [3.05, 3.63) is 78.6 Å². The van der Waals surface area contributed by atoms with Crippen molar-refractivity contribution in [1.82, 2.24) is 35.5 Å². The molecule has 1 aromatic carbocycles. The van der Waals surface area contributed by atoms with Crippen LogP contribution in [0.1, 0.15) is 31.2 Å². The zero-order valence-corrected chi connectivity index (χ0v) is 21.8. The summed E-state index contributed by atoms with van der Waals surface area (Å²) in [7, 11) is 0.